The minimum atomic E-state index is -3.01. The Balaban J connectivity index is 3.56. The van der Waals surface area contributed by atoms with Crippen molar-refractivity contribution in [3.8, 4) is 0 Å². The van der Waals surface area contributed by atoms with Gasteiger partial charge in [-0.2, -0.15) is 0 Å². The second-order valence-electron chi connectivity index (χ2n) is 3.49. The topological polar surface area (TPSA) is 46.2 Å². The molecule has 0 saturated heterocycles. The number of rotatable bonds is 8. The molecule has 0 radical (unpaired) electrons. The first-order valence-electron chi connectivity index (χ1n) is 5.09. The molecule has 0 aromatic carbocycles. The summed E-state index contributed by atoms with van der Waals surface area (Å²) < 4.78 is 25.2. The molecule has 0 amide bonds. The third-order valence-electron chi connectivity index (χ3n) is 1.87. The van der Waals surface area contributed by atoms with Crippen molar-refractivity contribution < 1.29 is 8.42 Å². The Morgan fingerprint density at radius 2 is 2.00 bits per heavy atom. The summed E-state index contributed by atoms with van der Waals surface area (Å²) in [5.41, 5.74) is 0. The predicted molar refractivity (Wildman–Crippen MR) is 64.3 cm³/mol. The summed E-state index contributed by atoms with van der Waals surface area (Å²) in [6, 6.07) is 0. The molecule has 0 rings (SSSR count). The molecule has 0 fully saturated rings. The second-order valence-corrected chi connectivity index (χ2v) is 6.98. The zero-order valence-corrected chi connectivity index (χ0v) is 11.3. The molecule has 0 aliphatic heterocycles. The largest absolute Gasteiger partial charge is 0.215 e. The zero-order valence-electron chi connectivity index (χ0n) is 8.92. The first kappa shape index (κ1) is 14.4. The van der Waals surface area contributed by atoms with Gasteiger partial charge < -0.3 is 0 Å². The Labute approximate surface area is 95.8 Å². The van der Waals surface area contributed by atoms with E-state index in [9.17, 15) is 8.42 Å². The van der Waals surface area contributed by atoms with E-state index in [4.69, 9.17) is 0 Å². The van der Waals surface area contributed by atoms with Gasteiger partial charge in [-0.1, -0.05) is 36.2 Å². The minimum absolute atomic E-state index is 0.257. The SMILES string of the molecule is CCCCS(=O)(=O)NCCCC(C)Br. The van der Waals surface area contributed by atoms with Crippen LogP contribution in [0.2, 0.25) is 0 Å². The van der Waals surface area contributed by atoms with Gasteiger partial charge in [-0.25, -0.2) is 13.1 Å². The molecule has 86 valence electrons. The van der Waals surface area contributed by atoms with Gasteiger partial charge in [0.05, 0.1) is 5.75 Å². The first-order chi connectivity index (χ1) is 6.48. The van der Waals surface area contributed by atoms with Crippen molar-refractivity contribution in [1.29, 1.82) is 0 Å². The van der Waals surface area contributed by atoms with Crippen molar-refractivity contribution in [1.82, 2.24) is 4.72 Å². The molecule has 1 atom stereocenters. The standard InChI is InChI=1S/C9H20BrNO2S/c1-3-4-8-14(12,13)11-7-5-6-9(2)10/h9,11H,3-8H2,1-2H3. The highest BCUT2D eigenvalue weighted by molar-refractivity contribution is 9.09. The van der Waals surface area contributed by atoms with E-state index >= 15 is 0 Å². The lowest BCUT2D eigenvalue weighted by atomic mass is 10.2. The van der Waals surface area contributed by atoms with Gasteiger partial charge >= 0.3 is 0 Å². The van der Waals surface area contributed by atoms with Crippen LogP contribution >= 0.6 is 15.9 Å². The smallest absolute Gasteiger partial charge is 0.211 e. The Bertz CT molecular complexity index is 227. The third kappa shape index (κ3) is 8.97. The van der Waals surface area contributed by atoms with Gasteiger partial charge in [0.15, 0.2) is 0 Å². The monoisotopic (exact) mass is 285 g/mol. The molecule has 0 heterocycles. The Kier molecular flexibility index (Phi) is 7.86. The molecule has 5 heteroatoms. The second kappa shape index (κ2) is 7.65. The molecule has 0 aliphatic rings. The number of sulfonamides is 1. The quantitative estimate of drug-likeness (QED) is 0.549. The van der Waals surface area contributed by atoms with Crippen molar-refractivity contribution in [2.45, 2.75) is 44.4 Å². The Morgan fingerprint density at radius 3 is 2.50 bits per heavy atom. The molecule has 3 nitrogen and oxygen atoms in total. The van der Waals surface area contributed by atoms with Crippen LogP contribution < -0.4 is 4.72 Å². The van der Waals surface area contributed by atoms with Crippen LogP contribution in [0.3, 0.4) is 0 Å². The van der Waals surface area contributed by atoms with Gasteiger partial charge in [0.2, 0.25) is 10.0 Å². The fourth-order valence-electron chi connectivity index (χ4n) is 1.02. The van der Waals surface area contributed by atoms with E-state index in [1.54, 1.807) is 0 Å². The summed E-state index contributed by atoms with van der Waals surface area (Å²) in [7, 11) is -3.01. The molecule has 0 aliphatic carbocycles. The number of alkyl halides is 1. The van der Waals surface area contributed by atoms with Gasteiger partial charge in [0.25, 0.3) is 0 Å². The molecule has 1 unspecified atom stereocenters. The number of unbranched alkanes of at least 4 members (excludes halogenated alkanes) is 1. The van der Waals surface area contributed by atoms with E-state index in [0.717, 1.165) is 25.7 Å². The van der Waals surface area contributed by atoms with Crippen molar-refractivity contribution in [2.75, 3.05) is 12.3 Å². The van der Waals surface area contributed by atoms with Crippen LogP contribution in [0, 0.1) is 0 Å². The average Bonchev–Trinajstić information content (AvgIpc) is 2.09. The van der Waals surface area contributed by atoms with Gasteiger partial charge in [0, 0.05) is 11.4 Å². The highest BCUT2D eigenvalue weighted by atomic mass is 79.9. The molecule has 14 heavy (non-hydrogen) atoms. The zero-order chi connectivity index (χ0) is 11.0. The molecule has 1 N–H and O–H groups in total. The highest BCUT2D eigenvalue weighted by Gasteiger charge is 2.07. The number of hydrogen-bond acceptors (Lipinski definition) is 2. The molecule has 0 aromatic heterocycles. The summed E-state index contributed by atoms with van der Waals surface area (Å²) in [6.07, 6.45) is 3.54. The summed E-state index contributed by atoms with van der Waals surface area (Å²) in [6.45, 7) is 4.61. The molecule has 0 spiro atoms. The van der Waals surface area contributed by atoms with Crippen LogP contribution in [-0.4, -0.2) is 25.5 Å². The van der Waals surface area contributed by atoms with Crippen molar-refractivity contribution >= 4 is 26.0 Å². The van der Waals surface area contributed by atoms with Gasteiger partial charge in [-0.15, -0.1) is 0 Å². The van der Waals surface area contributed by atoms with Gasteiger partial charge in [-0.05, 0) is 19.3 Å². The lowest BCUT2D eigenvalue weighted by Gasteiger charge is -2.06. The van der Waals surface area contributed by atoms with Crippen LogP contribution in [0.4, 0.5) is 0 Å². The summed E-state index contributed by atoms with van der Waals surface area (Å²) >= 11 is 3.42. The summed E-state index contributed by atoms with van der Waals surface area (Å²) in [5.74, 6) is 0.257. The van der Waals surface area contributed by atoms with Crippen LogP contribution in [0.25, 0.3) is 0 Å². The van der Waals surface area contributed by atoms with Crippen LogP contribution in [-0.2, 0) is 10.0 Å². The fourth-order valence-corrected chi connectivity index (χ4v) is 2.61. The molecule has 0 bridgehead atoms. The predicted octanol–water partition coefficient (Wildman–Crippen LogP) is 2.27. The van der Waals surface area contributed by atoms with Crippen LogP contribution in [0.1, 0.15) is 39.5 Å². The number of hydrogen-bond donors (Lipinski definition) is 1. The molecule has 0 saturated carbocycles. The average molecular weight is 286 g/mol. The minimum Gasteiger partial charge on any atom is -0.215 e. The Morgan fingerprint density at radius 1 is 1.36 bits per heavy atom. The number of nitrogens with one attached hydrogen (secondary N) is 1. The Hall–Kier alpha value is 0.390. The highest BCUT2D eigenvalue weighted by Crippen LogP contribution is 2.05. The van der Waals surface area contributed by atoms with E-state index < -0.39 is 10.0 Å². The van der Waals surface area contributed by atoms with E-state index in [0.29, 0.717) is 11.4 Å². The maximum Gasteiger partial charge on any atom is 0.211 e. The van der Waals surface area contributed by atoms with Crippen molar-refractivity contribution in [3.05, 3.63) is 0 Å². The van der Waals surface area contributed by atoms with Crippen molar-refractivity contribution in [3.63, 3.8) is 0 Å². The number of halogens is 1. The van der Waals surface area contributed by atoms with Crippen LogP contribution in [0.15, 0.2) is 0 Å². The molecular formula is C9H20BrNO2S. The first-order valence-corrected chi connectivity index (χ1v) is 7.66. The van der Waals surface area contributed by atoms with Crippen molar-refractivity contribution in [2.24, 2.45) is 0 Å². The maximum atomic E-state index is 11.3. The molecule has 0 aromatic rings. The van der Waals surface area contributed by atoms with Gasteiger partial charge in [-0.3, -0.25) is 0 Å². The molecular weight excluding hydrogens is 266 g/mol. The van der Waals surface area contributed by atoms with E-state index in [-0.39, 0.29) is 5.75 Å². The fraction of sp³-hybridized carbons (Fsp3) is 1.00. The summed E-state index contributed by atoms with van der Waals surface area (Å²) in [5, 5.41) is 0. The van der Waals surface area contributed by atoms with E-state index in [1.165, 1.54) is 0 Å². The maximum absolute atomic E-state index is 11.3. The van der Waals surface area contributed by atoms with Gasteiger partial charge in [0.1, 0.15) is 0 Å². The third-order valence-corrected chi connectivity index (χ3v) is 3.80. The van der Waals surface area contributed by atoms with Crippen LogP contribution in [0.5, 0.6) is 0 Å². The lowest BCUT2D eigenvalue weighted by Crippen LogP contribution is -2.27. The lowest BCUT2D eigenvalue weighted by molar-refractivity contribution is 0.573. The normalized spacial score (nSPS) is 14.2. The summed E-state index contributed by atoms with van der Waals surface area (Å²) in [4.78, 5) is 0.461. The van der Waals surface area contributed by atoms with E-state index in [2.05, 4.69) is 27.6 Å². The van der Waals surface area contributed by atoms with E-state index in [1.807, 2.05) is 6.92 Å².